The van der Waals surface area contributed by atoms with Crippen LogP contribution in [-0.2, 0) is 4.79 Å². The van der Waals surface area contributed by atoms with Crippen LogP contribution in [0, 0.1) is 0 Å². The van der Waals surface area contributed by atoms with Crippen LogP contribution in [0.1, 0.15) is 19.9 Å². The summed E-state index contributed by atoms with van der Waals surface area (Å²) in [6, 6.07) is 11.5. The lowest BCUT2D eigenvalue weighted by molar-refractivity contribution is -0.118. The van der Waals surface area contributed by atoms with Gasteiger partial charge in [0.25, 0.3) is 5.91 Å². The Labute approximate surface area is 170 Å². The van der Waals surface area contributed by atoms with Crippen LogP contribution in [0.15, 0.2) is 42.6 Å². The number of methoxy groups -OCH3 is 3. The average Bonchev–Trinajstić information content (AvgIpc) is 3.16. The molecule has 1 aromatic heterocycles. The molecule has 7 nitrogen and oxygen atoms in total. The molecule has 29 heavy (non-hydrogen) atoms. The summed E-state index contributed by atoms with van der Waals surface area (Å²) in [6.07, 6.45) is 2.03. The molecular formula is C22H26N2O5. The largest absolute Gasteiger partial charge is 0.493 e. The first kappa shape index (κ1) is 20.4. The minimum atomic E-state index is -0.292. The summed E-state index contributed by atoms with van der Waals surface area (Å²) in [5.41, 5.74) is 1.60. The zero-order valence-corrected chi connectivity index (χ0v) is 17.3. The number of amides is 1. The second-order valence-electron chi connectivity index (χ2n) is 6.76. The molecular weight excluding hydrogens is 372 g/mol. The molecule has 0 saturated carbocycles. The van der Waals surface area contributed by atoms with E-state index in [-0.39, 0.29) is 12.5 Å². The SMILES string of the molecule is COc1cc(NC(=O)COc2cccc3c2ccn3C(C)C)cc(OC)c1OC. The Balaban J connectivity index is 1.73. The van der Waals surface area contributed by atoms with E-state index < -0.39 is 0 Å². The number of benzene rings is 2. The normalized spacial score (nSPS) is 10.8. The molecule has 0 bridgehead atoms. The maximum Gasteiger partial charge on any atom is 0.262 e. The molecule has 0 aliphatic heterocycles. The van der Waals surface area contributed by atoms with Crippen molar-refractivity contribution in [1.29, 1.82) is 0 Å². The van der Waals surface area contributed by atoms with E-state index in [2.05, 4.69) is 23.7 Å². The highest BCUT2D eigenvalue weighted by Crippen LogP contribution is 2.40. The highest BCUT2D eigenvalue weighted by molar-refractivity contribution is 5.93. The molecule has 0 aliphatic carbocycles. The number of carbonyl (C=O) groups is 1. The fraction of sp³-hybridized carbons (Fsp3) is 0.318. The van der Waals surface area contributed by atoms with E-state index in [1.165, 1.54) is 21.3 Å². The first-order valence-corrected chi connectivity index (χ1v) is 9.30. The second kappa shape index (κ2) is 8.77. The number of nitrogens with one attached hydrogen (secondary N) is 1. The zero-order valence-electron chi connectivity index (χ0n) is 17.3. The number of carbonyl (C=O) groups excluding carboxylic acids is 1. The van der Waals surface area contributed by atoms with Crippen molar-refractivity contribution in [2.24, 2.45) is 0 Å². The number of rotatable bonds is 8. The second-order valence-corrected chi connectivity index (χ2v) is 6.76. The maximum absolute atomic E-state index is 12.4. The number of anilines is 1. The van der Waals surface area contributed by atoms with Crippen LogP contribution >= 0.6 is 0 Å². The quantitative estimate of drug-likeness (QED) is 0.614. The van der Waals surface area contributed by atoms with Gasteiger partial charge in [-0.05, 0) is 32.0 Å². The van der Waals surface area contributed by atoms with Gasteiger partial charge in [0.05, 0.1) is 26.8 Å². The van der Waals surface area contributed by atoms with Crippen LogP contribution in [-0.4, -0.2) is 38.4 Å². The van der Waals surface area contributed by atoms with Crippen molar-refractivity contribution in [1.82, 2.24) is 4.57 Å². The first-order valence-electron chi connectivity index (χ1n) is 9.30. The summed E-state index contributed by atoms with van der Waals surface area (Å²) in [6.45, 7) is 4.12. The molecule has 1 heterocycles. The molecule has 0 spiro atoms. The van der Waals surface area contributed by atoms with Gasteiger partial charge in [-0.3, -0.25) is 4.79 Å². The Kier molecular flexibility index (Phi) is 6.16. The van der Waals surface area contributed by atoms with Gasteiger partial charge in [-0.15, -0.1) is 0 Å². The van der Waals surface area contributed by atoms with E-state index in [4.69, 9.17) is 18.9 Å². The summed E-state index contributed by atoms with van der Waals surface area (Å²) < 4.78 is 23.9. The Morgan fingerprint density at radius 3 is 2.28 bits per heavy atom. The number of fused-ring (bicyclic) bond motifs is 1. The van der Waals surface area contributed by atoms with Gasteiger partial charge in [-0.1, -0.05) is 6.07 Å². The third kappa shape index (κ3) is 4.23. The molecule has 0 unspecified atom stereocenters. The molecule has 3 rings (SSSR count). The van der Waals surface area contributed by atoms with Gasteiger partial charge in [-0.2, -0.15) is 0 Å². The molecule has 2 aromatic carbocycles. The predicted molar refractivity (Wildman–Crippen MR) is 113 cm³/mol. The van der Waals surface area contributed by atoms with E-state index in [9.17, 15) is 4.79 Å². The summed E-state index contributed by atoms with van der Waals surface area (Å²) in [5.74, 6) is 1.76. The van der Waals surface area contributed by atoms with Gasteiger partial charge in [0.1, 0.15) is 5.75 Å². The smallest absolute Gasteiger partial charge is 0.262 e. The zero-order chi connectivity index (χ0) is 21.0. The van der Waals surface area contributed by atoms with Crippen molar-refractivity contribution in [3.63, 3.8) is 0 Å². The fourth-order valence-corrected chi connectivity index (χ4v) is 3.23. The van der Waals surface area contributed by atoms with Crippen LogP contribution in [0.5, 0.6) is 23.0 Å². The van der Waals surface area contributed by atoms with Crippen molar-refractivity contribution in [3.8, 4) is 23.0 Å². The molecule has 0 saturated heterocycles. The van der Waals surface area contributed by atoms with Gasteiger partial charge in [0, 0.05) is 35.4 Å². The summed E-state index contributed by atoms with van der Waals surface area (Å²) in [4.78, 5) is 12.4. The first-order chi connectivity index (χ1) is 14.0. The van der Waals surface area contributed by atoms with E-state index >= 15 is 0 Å². The maximum atomic E-state index is 12.4. The lowest BCUT2D eigenvalue weighted by atomic mass is 10.2. The third-order valence-electron chi connectivity index (χ3n) is 4.59. The molecule has 0 radical (unpaired) electrons. The summed E-state index contributed by atoms with van der Waals surface area (Å²) in [7, 11) is 4.57. The lowest BCUT2D eigenvalue weighted by Gasteiger charge is -2.15. The van der Waals surface area contributed by atoms with Crippen molar-refractivity contribution < 1.29 is 23.7 Å². The van der Waals surface area contributed by atoms with Crippen molar-refractivity contribution >= 4 is 22.5 Å². The number of hydrogen-bond donors (Lipinski definition) is 1. The molecule has 154 valence electrons. The lowest BCUT2D eigenvalue weighted by Crippen LogP contribution is -2.20. The standard InChI is InChI=1S/C22H26N2O5/c1-14(2)24-10-9-16-17(24)7-6-8-18(16)29-13-21(25)23-15-11-19(26-3)22(28-5)20(12-15)27-4/h6-12,14H,13H2,1-5H3,(H,23,25). The summed E-state index contributed by atoms with van der Waals surface area (Å²) in [5, 5.41) is 3.77. The van der Waals surface area contributed by atoms with Crippen LogP contribution in [0.4, 0.5) is 5.69 Å². The third-order valence-corrected chi connectivity index (χ3v) is 4.59. The molecule has 1 N–H and O–H groups in total. The van der Waals surface area contributed by atoms with Gasteiger partial charge >= 0.3 is 0 Å². The number of nitrogens with zero attached hydrogens (tertiary/aromatic N) is 1. The van der Waals surface area contributed by atoms with E-state index in [1.54, 1.807) is 12.1 Å². The number of ether oxygens (including phenoxy) is 4. The van der Waals surface area contributed by atoms with Gasteiger partial charge in [0.2, 0.25) is 5.75 Å². The summed E-state index contributed by atoms with van der Waals surface area (Å²) >= 11 is 0. The minimum absolute atomic E-state index is 0.122. The monoisotopic (exact) mass is 398 g/mol. The van der Waals surface area contributed by atoms with E-state index in [0.29, 0.717) is 34.7 Å². The molecule has 7 heteroatoms. The fourth-order valence-electron chi connectivity index (χ4n) is 3.23. The molecule has 3 aromatic rings. The highest BCUT2D eigenvalue weighted by atomic mass is 16.5. The number of aromatic nitrogens is 1. The molecule has 0 fully saturated rings. The van der Waals surface area contributed by atoms with Gasteiger partial charge in [0.15, 0.2) is 18.1 Å². The minimum Gasteiger partial charge on any atom is -0.493 e. The van der Waals surface area contributed by atoms with Crippen molar-refractivity contribution in [3.05, 3.63) is 42.6 Å². The van der Waals surface area contributed by atoms with Gasteiger partial charge in [-0.25, -0.2) is 0 Å². The van der Waals surface area contributed by atoms with E-state index in [1.807, 2.05) is 30.5 Å². The predicted octanol–water partition coefficient (Wildman–Crippen LogP) is 4.27. The molecule has 0 aliphatic rings. The van der Waals surface area contributed by atoms with E-state index in [0.717, 1.165) is 10.9 Å². The van der Waals surface area contributed by atoms with Crippen LogP contribution < -0.4 is 24.3 Å². The topological polar surface area (TPSA) is 71.0 Å². The Hall–Kier alpha value is -3.35. The Bertz CT molecular complexity index is 985. The average molecular weight is 398 g/mol. The molecule has 0 atom stereocenters. The van der Waals surface area contributed by atoms with Crippen LogP contribution in [0.2, 0.25) is 0 Å². The van der Waals surface area contributed by atoms with Crippen LogP contribution in [0.25, 0.3) is 10.9 Å². The highest BCUT2D eigenvalue weighted by Gasteiger charge is 2.15. The Morgan fingerprint density at radius 2 is 1.69 bits per heavy atom. The van der Waals surface area contributed by atoms with Gasteiger partial charge < -0.3 is 28.8 Å². The van der Waals surface area contributed by atoms with Crippen molar-refractivity contribution in [2.75, 3.05) is 33.3 Å². The molecule has 1 amide bonds. The Morgan fingerprint density at radius 1 is 1.00 bits per heavy atom. The van der Waals surface area contributed by atoms with Crippen LogP contribution in [0.3, 0.4) is 0 Å². The van der Waals surface area contributed by atoms with Crippen molar-refractivity contribution in [2.45, 2.75) is 19.9 Å². The number of hydrogen-bond acceptors (Lipinski definition) is 5.